The van der Waals surface area contributed by atoms with Crippen LogP contribution in [-0.2, 0) is 4.79 Å². The molecule has 2 rings (SSSR count). The lowest BCUT2D eigenvalue weighted by Crippen LogP contribution is -2.38. The standard InChI is InChI=1S/C19H18Cl2FN3O4/c1-3-6-24(10-18(26)23-16-5-4-13(20)9-14(16)21)19(27)12-7-15(22)11(2)17(8-12)25(28)29/h4-5,7-9H,3,6,10H2,1-2H3,(H,23,26). The maximum atomic E-state index is 14.1. The van der Waals surface area contributed by atoms with Gasteiger partial charge in [-0.05, 0) is 37.6 Å². The number of nitrogens with one attached hydrogen (secondary N) is 1. The number of carbonyl (C=O) groups excluding carboxylic acids is 2. The number of hydrogen-bond acceptors (Lipinski definition) is 4. The van der Waals surface area contributed by atoms with Crippen LogP contribution in [0, 0.1) is 22.9 Å². The molecule has 154 valence electrons. The van der Waals surface area contributed by atoms with Crippen LogP contribution in [0.3, 0.4) is 0 Å². The van der Waals surface area contributed by atoms with E-state index in [4.69, 9.17) is 23.2 Å². The zero-order valence-electron chi connectivity index (χ0n) is 15.7. The van der Waals surface area contributed by atoms with Crippen molar-refractivity contribution in [1.82, 2.24) is 4.90 Å². The van der Waals surface area contributed by atoms with Gasteiger partial charge >= 0.3 is 0 Å². The fourth-order valence-corrected chi connectivity index (χ4v) is 3.09. The van der Waals surface area contributed by atoms with Crippen LogP contribution in [0.5, 0.6) is 0 Å². The third-order valence-corrected chi connectivity index (χ3v) is 4.63. The Morgan fingerprint density at radius 1 is 1.24 bits per heavy atom. The molecule has 0 bridgehead atoms. The van der Waals surface area contributed by atoms with Crippen molar-refractivity contribution in [1.29, 1.82) is 0 Å². The van der Waals surface area contributed by atoms with Crippen molar-refractivity contribution in [2.75, 3.05) is 18.4 Å². The number of halogens is 3. The molecule has 0 heterocycles. The van der Waals surface area contributed by atoms with Gasteiger partial charge in [0.2, 0.25) is 5.91 Å². The van der Waals surface area contributed by atoms with Gasteiger partial charge in [0, 0.05) is 23.2 Å². The Morgan fingerprint density at radius 3 is 2.52 bits per heavy atom. The highest BCUT2D eigenvalue weighted by Gasteiger charge is 2.24. The van der Waals surface area contributed by atoms with Gasteiger partial charge in [0.15, 0.2) is 0 Å². The quantitative estimate of drug-likeness (QED) is 0.491. The summed E-state index contributed by atoms with van der Waals surface area (Å²) in [5.74, 6) is -2.08. The smallest absolute Gasteiger partial charge is 0.276 e. The second-order valence-electron chi connectivity index (χ2n) is 6.26. The predicted octanol–water partition coefficient (Wildman–Crippen LogP) is 4.84. The second kappa shape index (κ2) is 9.67. The van der Waals surface area contributed by atoms with Gasteiger partial charge in [0.1, 0.15) is 12.4 Å². The minimum absolute atomic E-state index is 0.163. The van der Waals surface area contributed by atoms with Crippen molar-refractivity contribution in [2.24, 2.45) is 0 Å². The molecule has 0 aromatic heterocycles. The summed E-state index contributed by atoms with van der Waals surface area (Å²) >= 11 is 11.8. The Morgan fingerprint density at radius 2 is 1.93 bits per heavy atom. The normalized spacial score (nSPS) is 10.5. The molecule has 0 fully saturated rings. The van der Waals surface area contributed by atoms with E-state index in [2.05, 4.69) is 5.32 Å². The first-order valence-corrected chi connectivity index (χ1v) is 9.38. The van der Waals surface area contributed by atoms with Crippen LogP contribution in [-0.4, -0.2) is 34.7 Å². The number of nitro benzene ring substituents is 1. The summed E-state index contributed by atoms with van der Waals surface area (Å²) in [6.45, 7) is 2.92. The number of anilines is 1. The van der Waals surface area contributed by atoms with Crippen LogP contribution < -0.4 is 5.32 Å². The van der Waals surface area contributed by atoms with Gasteiger partial charge in [-0.2, -0.15) is 0 Å². The van der Waals surface area contributed by atoms with Gasteiger partial charge in [-0.3, -0.25) is 19.7 Å². The molecule has 0 aliphatic rings. The molecule has 2 aromatic rings. The van der Waals surface area contributed by atoms with Crippen LogP contribution in [0.2, 0.25) is 10.0 Å². The highest BCUT2D eigenvalue weighted by molar-refractivity contribution is 6.36. The maximum Gasteiger partial charge on any atom is 0.276 e. The van der Waals surface area contributed by atoms with E-state index in [1.54, 1.807) is 13.0 Å². The lowest BCUT2D eigenvalue weighted by Gasteiger charge is -2.22. The van der Waals surface area contributed by atoms with E-state index >= 15 is 0 Å². The third kappa shape index (κ3) is 5.65. The van der Waals surface area contributed by atoms with E-state index in [1.807, 2.05) is 0 Å². The molecule has 0 aliphatic carbocycles. The molecule has 0 radical (unpaired) electrons. The first-order valence-electron chi connectivity index (χ1n) is 8.62. The third-order valence-electron chi connectivity index (χ3n) is 4.08. The SMILES string of the molecule is CCCN(CC(=O)Nc1ccc(Cl)cc1Cl)C(=O)c1cc(F)c(C)c([N+](=O)[O-])c1. The molecule has 2 aromatic carbocycles. The summed E-state index contributed by atoms with van der Waals surface area (Å²) in [6.07, 6.45) is 0.525. The molecule has 0 aliphatic heterocycles. The zero-order valence-corrected chi connectivity index (χ0v) is 17.2. The molecule has 10 heteroatoms. The molecule has 0 unspecified atom stereocenters. The van der Waals surface area contributed by atoms with E-state index in [0.717, 1.165) is 12.1 Å². The number of hydrogen-bond donors (Lipinski definition) is 1. The summed E-state index contributed by atoms with van der Waals surface area (Å²) in [5, 5.41) is 14.3. The van der Waals surface area contributed by atoms with Crippen molar-refractivity contribution >= 4 is 46.4 Å². The molecule has 0 saturated carbocycles. The summed E-state index contributed by atoms with van der Waals surface area (Å²) in [5.41, 5.74) is -0.543. The Labute approximate surface area is 176 Å². The van der Waals surface area contributed by atoms with Crippen LogP contribution in [0.25, 0.3) is 0 Å². The highest BCUT2D eigenvalue weighted by Crippen LogP contribution is 2.26. The topological polar surface area (TPSA) is 92.6 Å². The Kier molecular flexibility index (Phi) is 7.53. The molecule has 2 amide bonds. The van der Waals surface area contributed by atoms with Gasteiger partial charge in [-0.1, -0.05) is 30.1 Å². The predicted molar refractivity (Wildman–Crippen MR) is 109 cm³/mol. The maximum absolute atomic E-state index is 14.1. The minimum atomic E-state index is -0.864. The monoisotopic (exact) mass is 441 g/mol. The van der Waals surface area contributed by atoms with Crippen molar-refractivity contribution < 1.29 is 18.9 Å². The van der Waals surface area contributed by atoms with Gasteiger partial charge < -0.3 is 10.2 Å². The average molecular weight is 442 g/mol. The lowest BCUT2D eigenvalue weighted by atomic mass is 10.1. The molecule has 0 atom stereocenters. The average Bonchev–Trinajstić information content (AvgIpc) is 2.65. The van der Waals surface area contributed by atoms with Crippen molar-refractivity contribution in [2.45, 2.75) is 20.3 Å². The summed E-state index contributed by atoms with van der Waals surface area (Å²) in [4.78, 5) is 36.7. The van der Waals surface area contributed by atoms with Crippen LogP contribution in [0.1, 0.15) is 29.3 Å². The van der Waals surface area contributed by atoms with Gasteiger partial charge in [0.25, 0.3) is 11.6 Å². The summed E-state index contributed by atoms with van der Waals surface area (Å²) in [6, 6.07) is 6.47. The van der Waals surface area contributed by atoms with Crippen molar-refractivity contribution in [3.63, 3.8) is 0 Å². The van der Waals surface area contributed by atoms with Gasteiger partial charge in [-0.15, -0.1) is 0 Å². The number of amides is 2. The fraction of sp³-hybridized carbons (Fsp3) is 0.263. The van der Waals surface area contributed by atoms with E-state index in [1.165, 1.54) is 24.0 Å². The first kappa shape index (κ1) is 22.6. The fourth-order valence-electron chi connectivity index (χ4n) is 2.64. The van der Waals surface area contributed by atoms with Crippen molar-refractivity contribution in [3.8, 4) is 0 Å². The van der Waals surface area contributed by atoms with E-state index < -0.39 is 28.2 Å². The summed E-state index contributed by atoms with van der Waals surface area (Å²) < 4.78 is 14.1. The Hall–Kier alpha value is -2.71. The van der Waals surface area contributed by atoms with E-state index in [0.29, 0.717) is 17.1 Å². The Bertz CT molecular complexity index is 969. The van der Waals surface area contributed by atoms with Crippen LogP contribution in [0.4, 0.5) is 15.8 Å². The number of nitrogens with zero attached hydrogens (tertiary/aromatic N) is 2. The number of benzene rings is 2. The molecular formula is C19H18Cl2FN3O4. The van der Waals surface area contributed by atoms with Crippen LogP contribution >= 0.6 is 23.2 Å². The van der Waals surface area contributed by atoms with Crippen LogP contribution in [0.15, 0.2) is 30.3 Å². The molecular weight excluding hydrogens is 424 g/mol. The second-order valence-corrected chi connectivity index (χ2v) is 7.10. The molecule has 0 saturated heterocycles. The number of carbonyl (C=O) groups is 2. The molecule has 0 spiro atoms. The van der Waals surface area contributed by atoms with Gasteiger partial charge in [-0.25, -0.2) is 4.39 Å². The number of nitro groups is 1. The minimum Gasteiger partial charge on any atom is -0.329 e. The molecule has 7 nitrogen and oxygen atoms in total. The van der Waals surface area contributed by atoms with E-state index in [9.17, 15) is 24.1 Å². The largest absolute Gasteiger partial charge is 0.329 e. The molecule has 1 N–H and O–H groups in total. The Balaban J connectivity index is 2.23. The van der Waals surface area contributed by atoms with E-state index in [-0.39, 0.29) is 29.2 Å². The first-order chi connectivity index (χ1) is 13.6. The highest BCUT2D eigenvalue weighted by atomic mass is 35.5. The molecule has 29 heavy (non-hydrogen) atoms. The van der Waals surface area contributed by atoms with Crippen molar-refractivity contribution in [3.05, 3.63) is 67.4 Å². The zero-order chi connectivity index (χ0) is 21.7. The van der Waals surface area contributed by atoms with Gasteiger partial charge in [0.05, 0.1) is 21.2 Å². The summed E-state index contributed by atoms with van der Waals surface area (Å²) in [7, 11) is 0. The number of rotatable bonds is 7. The lowest BCUT2D eigenvalue weighted by molar-refractivity contribution is -0.385.